The summed E-state index contributed by atoms with van der Waals surface area (Å²) in [6, 6.07) is 68.7. The van der Waals surface area contributed by atoms with E-state index in [1.54, 1.807) is 0 Å². The van der Waals surface area contributed by atoms with Crippen LogP contribution in [0.15, 0.2) is 188 Å². The molecule has 0 spiro atoms. The van der Waals surface area contributed by atoms with Crippen molar-refractivity contribution in [3.8, 4) is 44.5 Å². The van der Waals surface area contributed by atoms with Crippen molar-refractivity contribution in [3.05, 3.63) is 238 Å². The molecule has 0 aromatic heterocycles. The molecule has 0 radical (unpaired) electrons. The lowest BCUT2D eigenvalue weighted by Crippen LogP contribution is -2.16. The molecule has 324 valence electrons. The second-order valence-electron chi connectivity index (χ2n) is 20.6. The minimum absolute atomic E-state index is 0.0421. The van der Waals surface area contributed by atoms with Gasteiger partial charge in [-0.25, -0.2) is 0 Å². The highest BCUT2D eigenvalue weighted by atomic mass is 15.1. The molecule has 0 saturated carbocycles. The first-order valence-corrected chi connectivity index (χ1v) is 23.9. The van der Waals surface area contributed by atoms with E-state index in [-0.39, 0.29) is 16.2 Å². The van der Waals surface area contributed by atoms with Gasteiger partial charge < -0.3 is 4.90 Å². The molecular weight excluding hydrogens is 807 g/mol. The monoisotopic (exact) mass is 861 g/mol. The van der Waals surface area contributed by atoms with Crippen molar-refractivity contribution in [2.45, 2.75) is 64.7 Å². The third kappa shape index (κ3) is 6.43. The van der Waals surface area contributed by atoms with Gasteiger partial charge in [-0.1, -0.05) is 205 Å². The lowest BCUT2D eigenvalue weighted by molar-refractivity contribution is 0.660. The van der Waals surface area contributed by atoms with Crippen LogP contribution in [0, 0.1) is 0 Å². The zero-order valence-electron chi connectivity index (χ0n) is 39.6. The number of hydrogen-bond donors (Lipinski definition) is 0. The van der Waals surface area contributed by atoms with Crippen molar-refractivity contribution in [2.75, 3.05) is 4.90 Å². The summed E-state index contributed by atoms with van der Waals surface area (Å²) in [6.45, 7) is 16.3. The van der Waals surface area contributed by atoms with Gasteiger partial charge in [-0.3, -0.25) is 0 Å². The summed E-state index contributed by atoms with van der Waals surface area (Å²) in [5.74, 6) is 0. The fraction of sp³-hybridized carbons (Fsp3) is 0.152. The topological polar surface area (TPSA) is 3.24 Å². The molecule has 9 aromatic rings. The molecule has 0 unspecified atom stereocenters. The van der Waals surface area contributed by atoms with Crippen LogP contribution in [0.5, 0.6) is 0 Å². The molecule has 3 aliphatic carbocycles. The van der Waals surface area contributed by atoms with Crippen LogP contribution in [0.25, 0.3) is 73.5 Å². The highest BCUT2D eigenvalue weighted by Crippen LogP contribution is 2.53. The number of anilines is 3. The Morgan fingerprint density at radius 1 is 0.313 bits per heavy atom. The highest BCUT2D eigenvalue weighted by molar-refractivity contribution is 5.92. The van der Waals surface area contributed by atoms with Gasteiger partial charge in [0.05, 0.1) is 0 Å². The van der Waals surface area contributed by atoms with Crippen LogP contribution < -0.4 is 4.90 Å². The summed E-state index contributed by atoms with van der Waals surface area (Å²) in [5, 5.41) is 2.47. The molecule has 0 heterocycles. The van der Waals surface area contributed by atoms with E-state index in [1.807, 2.05) is 0 Å². The van der Waals surface area contributed by atoms with E-state index in [4.69, 9.17) is 0 Å². The minimum Gasteiger partial charge on any atom is -0.310 e. The first-order valence-electron chi connectivity index (χ1n) is 23.9. The smallest absolute Gasteiger partial charge is 0.0468 e. The largest absolute Gasteiger partial charge is 0.310 e. The molecule has 1 nitrogen and oxygen atoms in total. The molecule has 0 bridgehead atoms. The SMILES string of the molecule is CC=Cc1ccc2c(c1)C(C)(C)c1cc(C=Cc3ccc4c(c3)C(C)(C)c3cc(N(c5ccc(-c6ccc7c(c6)C(C)(C)c6ccccc6-7)cc5)c5ccc6ccccc6c5)ccc3-4)ccc1-2. The Morgan fingerprint density at radius 3 is 1.34 bits per heavy atom. The maximum Gasteiger partial charge on any atom is 0.0468 e. The number of nitrogens with zero attached hydrogens (tertiary/aromatic N) is 1. The van der Waals surface area contributed by atoms with Gasteiger partial charge in [-0.05, 0) is 155 Å². The maximum absolute atomic E-state index is 2.44. The number of rotatable bonds is 7. The zero-order valence-corrected chi connectivity index (χ0v) is 39.6. The van der Waals surface area contributed by atoms with Crippen molar-refractivity contribution in [1.82, 2.24) is 0 Å². The second-order valence-corrected chi connectivity index (χ2v) is 20.6. The van der Waals surface area contributed by atoms with Gasteiger partial charge in [-0.15, -0.1) is 0 Å². The molecule has 0 amide bonds. The Morgan fingerprint density at radius 2 is 0.731 bits per heavy atom. The van der Waals surface area contributed by atoms with Crippen LogP contribution in [0.3, 0.4) is 0 Å². The molecule has 3 aliphatic rings. The third-order valence-corrected chi connectivity index (χ3v) is 15.5. The Labute approximate surface area is 396 Å². The Balaban J connectivity index is 0.868. The second kappa shape index (κ2) is 15.0. The Bertz CT molecular complexity index is 3550. The van der Waals surface area contributed by atoms with Crippen molar-refractivity contribution >= 4 is 46.1 Å². The van der Waals surface area contributed by atoms with Crippen molar-refractivity contribution < 1.29 is 0 Å². The van der Waals surface area contributed by atoms with Gasteiger partial charge in [0.15, 0.2) is 0 Å². The van der Waals surface area contributed by atoms with E-state index in [9.17, 15) is 0 Å². The molecule has 0 atom stereocenters. The van der Waals surface area contributed by atoms with Gasteiger partial charge >= 0.3 is 0 Å². The fourth-order valence-corrected chi connectivity index (χ4v) is 11.8. The Hall–Kier alpha value is -7.48. The average molecular weight is 862 g/mol. The molecule has 0 N–H and O–H groups in total. The van der Waals surface area contributed by atoms with Crippen molar-refractivity contribution in [1.29, 1.82) is 0 Å². The van der Waals surface area contributed by atoms with Gasteiger partial charge in [-0.2, -0.15) is 0 Å². The third-order valence-electron chi connectivity index (χ3n) is 15.5. The van der Waals surface area contributed by atoms with Crippen LogP contribution in [-0.4, -0.2) is 0 Å². The quantitative estimate of drug-likeness (QED) is 0.144. The predicted octanol–water partition coefficient (Wildman–Crippen LogP) is 18.1. The summed E-state index contributed by atoms with van der Waals surface area (Å²) < 4.78 is 0. The van der Waals surface area contributed by atoms with E-state index in [0.717, 1.165) is 17.1 Å². The van der Waals surface area contributed by atoms with Gasteiger partial charge in [0.2, 0.25) is 0 Å². The van der Waals surface area contributed by atoms with E-state index in [2.05, 4.69) is 260 Å². The van der Waals surface area contributed by atoms with Crippen LogP contribution in [0.2, 0.25) is 0 Å². The first-order chi connectivity index (χ1) is 32.4. The van der Waals surface area contributed by atoms with E-state index < -0.39 is 0 Å². The van der Waals surface area contributed by atoms with Crippen LogP contribution in [0.4, 0.5) is 17.1 Å². The fourth-order valence-electron chi connectivity index (χ4n) is 11.8. The summed E-state index contributed by atoms with van der Waals surface area (Å²) in [7, 11) is 0. The van der Waals surface area contributed by atoms with Crippen molar-refractivity contribution in [2.24, 2.45) is 0 Å². The maximum atomic E-state index is 2.44. The van der Waals surface area contributed by atoms with Gasteiger partial charge in [0, 0.05) is 33.3 Å². The lowest BCUT2D eigenvalue weighted by atomic mass is 9.81. The number of allylic oxidation sites excluding steroid dienone is 1. The molecule has 0 saturated heterocycles. The van der Waals surface area contributed by atoms with Crippen molar-refractivity contribution in [3.63, 3.8) is 0 Å². The Kier molecular flexibility index (Phi) is 9.19. The normalized spacial score (nSPS) is 15.3. The lowest BCUT2D eigenvalue weighted by Gasteiger charge is -2.28. The van der Waals surface area contributed by atoms with E-state index >= 15 is 0 Å². The van der Waals surface area contributed by atoms with Gasteiger partial charge in [0.1, 0.15) is 0 Å². The molecule has 1 heteroatoms. The molecule has 0 fully saturated rings. The number of benzene rings is 9. The molecular formula is C66H55N. The first kappa shape index (κ1) is 41.0. The predicted molar refractivity (Wildman–Crippen MR) is 287 cm³/mol. The molecule has 67 heavy (non-hydrogen) atoms. The number of fused-ring (bicyclic) bond motifs is 10. The van der Waals surface area contributed by atoms with Crippen LogP contribution in [-0.2, 0) is 16.2 Å². The number of hydrogen-bond acceptors (Lipinski definition) is 1. The minimum atomic E-state index is -0.195. The highest BCUT2D eigenvalue weighted by Gasteiger charge is 2.38. The zero-order chi connectivity index (χ0) is 45.8. The van der Waals surface area contributed by atoms with Gasteiger partial charge in [0.25, 0.3) is 0 Å². The molecule has 12 rings (SSSR count). The summed E-state index contributed by atoms with van der Waals surface area (Å²) in [6.07, 6.45) is 8.89. The van der Waals surface area contributed by atoms with Crippen LogP contribution >= 0.6 is 0 Å². The van der Waals surface area contributed by atoms with Crippen LogP contribution in [0.1, 0.15) is 98.5 Å². The van der Waals surface area contributed by atoms with E-state index in [0.29, 0.717) is 0 Å². The summed E-state index contributed by atoms with van der Waals surface area (Å²) in [4.78, 5) is 2.43. The molecule has 0 aliphatic heterocycles. The summed E-state index contributed by atoms with van der Waals surface area (Å²) in [5.41, 5.74) is 25.7. The standard InChI is InChI=1S/C66H55N/c1-8-13-42-20-31-53-54-32-21-43(37-60(54)65(4,5)59(53)36-42)18-19-44-22-33-55-57-35-30-51(41-63(57)66(6,7)61(55)38-44)67(50-29-25-45-14-9-10-15-47(45)39-50)49-27-23-46(24-28-49)48-26-34-56-52-16-11-12-17-58(52)64(2,3)62(56)40-48/h8-41H,1-7H3. The summed E-state index contributed by atoms with van der Waals surface area (Å²) >= 11 is 0. The molecule has 9 aromatic carbocycles. The average Bonchev–Trinajstić information content (AvgIpc) is 3.82. The van der Waals surface area contributed by atoms with E-state index in [1.165, 1.54) is 105 Å².